The lowest BCUT2D eigenvalue weighted by Gasteiger charge is -2.29. The molecule has 104 valence electrons. The minimum atomic E-state index is 0.0894. The summed E-state index contributed by atoms with van der Waals surface area (Å²) in [4.78, 5) is 2.30. The molecular formula is C13H18BrN3O2. The van der Waals surface area contributed by atoms with Gasteiger partial charge in [0, 0.05) is 18.7 Å². The van der Waals surface area contributed by atoms with Gasteiger partial charge in [0.25, 0.3) is 0 Å². The van der Waals surface area contributed by atoms with Crippen LogP contribution in [-0.2, 0) is 0 Å². The van der Waals surface area contributed by atoms with E-state index in [2.05, 4.69) is 33.0 Å². The van der Waals surface area contributed by atoms with Crippen LogP contribution in [0.3, 0.4) is 0 Å². The van der Waals surface area contributed by atoms with Crippen molar-refractivity contribution in [2.24, 2.45) is 10.9 Å². The fourth-order valence-electron chi connectivity index (χ4n) is 2.10. The normalized spacial score (nSPS) is 18.5. The number of likely N-dealkylation sites (tertiary alicyclic amines) is 1. The molecule has 0 spiro atoms. The largest absolute Gasteiger partial charge is 0.489 e. The number of benzene rings is 1. The van der Waals surface area contributed by atoms with Gasteiger partial charge in [-0.1, -0.05) is 5.16 Å². The fraction of sp³-hybridized carbons (Fsp3) is 0.462. The Labute approximate surface area is 121 Å². The lowest BCUT2D eigenvalue weighted by atomic mass is 10.1. The van der Waals surface area contributed by atoms with Crippen LogP contribution in [0.4, 0.5) is 0 Å². The topological polar surface area (TPSA) is 71.1 Å². The predicted molar refractivity (Wildman–Crippen MR) is 77.8 cm³/mol. The van der Waals surface area contributed by atoms with Crippen LogP contribution >= 0.6 is 15.9 Å². The molecule has 0 atom stereocenters. The third kappa shape index (κ3) is 3.61. The lowest BCUT2D eigenvalue weighted by molar-refractivity contribution is 0.113. The number of hydrogen-bond donors (Lipinski definition) is 2. The molecule has 1 aliphatic rings. The fourth-order valence-corrected chi connectivity index (χ4v) is 2.57. The average Bonchev–Trinajstić information content (AvgIpc) is 2.42. The zero-order valence-corrected chi connectivity index (χ0v) is 12.4. The van der Waals surface area contributed by atoms with Crippen LogP contribution in [0.1, 0.15) is 18.4 Å². The summed E-state index contributed by atoms with van der Waals surface area (Å²) in [5.41, 5.74) is 6.20. The summed E-state index contributed by atoms with van der Waals surface area (Å²) < 4.78 is 6.80. The Kier molecular flexibility index (Phi) is 4.66. The van der Waals surface area contributed by atoms with Gasteiger partial charge < -0.3 is 20.6 Å². The van der Waals surface area contributed by atoms with Gasteiger partial charge in [-0.2, -0.15) is 0 Å². The minimum absolute atomic E-state index is 0.0894. The van der Waals surface area contributed by atoms with Gasteiger partial charge in [-0.15, -0.1) is 0 Å². The molecular weight excluding hydrogens is 310 g/mol. The number of hydrogen-bond acceptors (Lipinski definition) is 4. The number of amidine groups is 1. The lowest BCUT2D eigenvalue weighted by Crippen LogP contribution is -2.35. The average molecular weight is 328 g/mol. The highest BCUT2D eigenvalue weighted by Gasteiger charge is 2.19. The van der Waals surface area contributed by atoms with E-state index in [0.29, 0.717) is 5.56 Å². The van der Waals surface area contributed by atoms with Gasteiger partial charge in [-0.3, -0.25) is 0 Å². The van der Waals surface area contributed by atoms with Gasteiger partial charge in [-0.25, -0.2) is 0 Å². The Hall–Kier alpha value is -1.27. The number of oxime groups is 1. The first-order chi connectivity index (χ1) is 9.10. The number of nitrogens with two attached hydrogens (primary N) is 1. The van der Waals surface area contributed by atoms with Crippen LogP contribution in [-0.4, -0.2) is 42.2 Å². The van der Waals surface area contributed by atoms with E-state index in [1.54, 1.807) is 12.1 Å². The van der Waals surface area contributed by atoms with E-state index >= 15 is 0 Å². The van der Waals surface area contributed by atoms with Crippen LogP contribution in [0.5, 0.6) is 5.75 Å². The number of nitrogens with zero attached hydrogens (tertiary/aromatic N) is 2. The molecule has 1 heterocycles. The van der Waals surface area contributed by atoms with Crippen LogP contribution in [0.15, 0.2) is 27.8 Å². The van der Waals surface area contributed by atoms with E-state index in [4.69, 9.17) is 15.7 Å². The SMILES string of the molecule is CN1CCC(Oc2ccc(/C(N)=N/O)cc2Br)CC1. The highest BCUT2D eigenvalue weighted by molar-refractivity contribution is 9.10. The summed E-state index contributed by atoms with van der Waals surface area (Å²) in [5, 5.41) is 11.6. The second-order valence-corrected chi connectivity index (χ2v) is 5.61. The number of piperidine rings is 1. The Morgan fingerprint density at radius 2 is 2.16 bits per heavy atom. The van der Waals surface area contributed by atoms with Crippen molar-refractivity contribution in [2.45, 2.75) is 18.9 Å². The van der Waals surface area contributed by atoms with Crippen LogP contribution in [0, 0.1) is 0 Å². The Balaban J connectivity index is 2.05. The van der Waals surface area contributed by atoms with Gasteiger partial charge >= 0.3 is 0 Å². The van der Waals surface area contributed by atoms with E-state index in [-0.39, 0.29) is 11.9 Å². The van der Waals surface area contributed by atoms with Crippen molar-refractivity contribution in [3.05, 3.63) is 28.2 Å². The number of halogens is 1. The summed E-state index contributed by atoms with van der Waals surface area (Å²) >= 11 is 3.46. The first-order valence-corrected chi connectivity index (χ1v) is 7.02. The van der Waals surface area contributed by atoms with E-state index in [0.717, 1.165) is 36.2 Å². The molecule has 0 aromatic heterocycles. The molecule has 0 radical (unpaired) electrons. The smallest absolute Gasteiger partial charge is 0.170 e. The molecule has 5 nitrogen and oxygen atoms in total. The molecule has 1 aromatic carbocycles. The van der Waals surface area contributed by atoms with Crippen molar-refractivity contribution in [1.82, 2.24) is 4.90 Å². The third-order valence-corrected chi connectivity index (χ3v) is 3.91. The first-order valence-electron chi connectivity index (χ1n) is 6.23. The number of ether oxygens (including phenoxy) is 1. The second-order valence-electron chi connectivity index (χ2n) is 4.75. The van der Waals surface area contributed by atoms with Crippen molar-refractivity contribution in [3.63, 3.8) is 0 Å². The van der Waals surface area contributed by atoms with E-state index in [1.807, 2.05) is 6.07 Å². The Morgan fingerprint density at radius 3 is 2.74 bits per heavy atom. The zero-order chi connectivity index (χ0) is 13.8. The standard InChI is InChI=1S/C13H18BrN3O2/c1-17-6-4-10(5-7-17)19-12-3-2-9(8-11(12)14)13(15)16-18/h2-3,8,10,18H,4-7H2,1H3,(H2,15,16). The van der Waals surface area contributed by atoms with Crippen molar-refractivity contribution in [3.8, 4) is 5.75 Å². The molecule has 0 unspecified atom stereocenters. The maximum absolute atomic E-state index is 8.65. The molecule has 0 amide bonds. The third-order valence-electron chi connectivity index (χ3n) is 3.29. The monoisotopic (exact) mass is 327 g/mol. The molecule has 1 aromatic rings. The summed E-state index contributed by atoms with van der Waals surface area (Å²) in [7, 11) is 2.12. The molecule has 0 bridgehead atoms. The summed E-state index contributed by atoms with van der Waals surface area (Å²) in [6.07, 6.45) is 2.32. The molecule has 1 aliphatic heterocycles. The summed E-state index contributed by atoms with van der Waals surface area (Å²) in [6, 6.07) is 5.42. The van der Waals surface area contributed by atoms with Gasteiger partial charge in [0.05, 0.1) is 4.47 Å². The Morgan fingerprint density at radius 1 is 1.47 bits per heavy atom. The molecule has 3 N–H and O–H groups in total. The second kappa shape index (κ2) is 6.25. The summed E-state index contributed by atoms with van der Waals surface area (Å²) in [5.74, 6) is 0.885. The summed E-state index contributed by atoms with van der Waals surface area (Å²) in [6.45, 7) is 2.12. The molecule has 1 fully saturated rings. The van der Waals surface area contributed by atoms with Crippen LogP contribution in [0.25, 0.3) is 0 Å². The van der Waals surface area contributed by atoms with Gasteiger partial charge in [0.15, 0.2) is 5.84 Å². The van der Waals surface area contributed by atoms with Crippen LogP contribution < -0.4 is 10.5 Å². The molecule has 6 heteroatoms. The van der Waals surface area contributed by atoms with Gasteiger partial charge in [-0.05, 0) is 54.0 Å². The predicted octanol–water partition coefficient (Wildman–Crippen LogP) is 2.02. The quantitative estimate of drug-likeness (QED) is 0.385. The molecule has 0 aliphatic carbocycles. The van der Waals surface area contributed by atoms with E-state index in [1.165, 1.54) is 0 Å². The molecule has 2 rings (SSSR count). The van der Waals surface area contributed by atoms with Gasteiger partial charge in [0.1, 0.15) is 11.9 Å². The van der Waals surface area contributed by atoms with Crippen LogP contribution in [0.2, 0.25) is 0 Å². The van der Waals surface area contributed by atoms with Crippen molar-refractivity contribution in [2.75, 3.05) is 20.1 Å². The van der Waals surface area contributed by atoms with Crippen molar-refractivity contribution in [1.29, 1.82) is 0 Å². The first kappa shape index (κ1) is 14.1. The zero-order valence-electron chi connectivity index (χ0n) is 10.8. The molecule has 19 heavy (non-hydrogen) atoms. The maximum atomic E-state index is 8.65. The van der Waals surface area contributed by atoms with Gasteiger partial charge in [0.2, 0.25) is 0 Å². The van der Waals surface area contributed by atoms with E-state index < -0.39 is 0 Å². The molecule has 0 saturated carbocycles. The minimum Gasteiger partial charge on any atom is -0.489 e. The highest BCUT2D eigenvalue weighted by Crippen LogP contribution is 2.28. The van der Waals surface area contributed by atoms with Crippen molar-refractivity contribution >= 4 is 21.8 Å². The van der Waals surface area contributed by atoms with E-state index in [9.17, 15) is 0 Å². The molecule has 1 saturated heterocycles. The maximum Gasteiger partial charge on any atom is 0.170 e. The highest BCUT2D eigenvalue weighted by atomic mass is 79.9. The number of rotatable bonds is 3. The van der Waals surface area contributed by atoms with Crippen molar-refractivity contribution < 1.29 is 9.94 Å². The Bertz CT molecular complexity index is 471.